The minimum absolute atomic E-state index is 0.0461. The van der Waals surface area contributed by atoms with Crippen LogP contribution in [0.5, 0.6) is 5.75 Å². The molecule has 0 unspecified atom stereocenters. The average molecular weight is 397 g/mol. The first kappa shape index (κ1) is 19.9. The number of rotatable bonds is 8. The number of aromatic nitrogens is 3. The molecule has 0 aliphatic rings. The number of carbonyl (C=O) groups excluding carboxylic acids is 1. The highest BCUT2D eigenvalue weighted by Crippen LogP contribution is 2.22. The summed E-state index contributed by atoms with van der Waals surface area (Å²) in [4.78, 5) is 14.3. The van der Waals surface area contributed by atoms with Crippen molar-refractivity contribution in [3.05, 3.63) is 66.0 Å². The summed E-state index contributed by atoms with van der Waals surface area (Å²) >= 11 is 1.37. The number of methoxy groups -OCH3 is 1. The van der Waals surface area contributed by atoms with E-state index in [1.165, 1.54) is 17.3 Å². The highest BCUT2D eigenvalue weighted by Gasteiger charge is 2.14. The van der Waals surface area contributed by atoms with Crippen molar-refractivity contribution >= 4 is 17.7 Å². The lowest BCUT2D eigenvalue weighted by atomic mass is 10.1. The van der Waals surface area contributed by atoms with Crippen LogP contribution in [0.15, 0.2) is 60.0 Å². The Morgan fingerprint density at radius 1 is 1.18 bits per heavy atom. The largest absolute Gasteiger partial charge is 0.497 e. The van der Waals surface area contributed by atoms with E-state index in [1.807, 2.05) is 35.9 Å². The zero-order valence-corrected chi connectivity index (χ0v) is 17.1. The Kier molecular flexibility index (Phi) is 6.71. The van der Waals surface area contributed by atoms with Gasteiger partial charge in [0.2, 0.25) is 5.91 Å². The van der Waals surface area contributed by atoms with Crippen molar-refractivity contribution in [1.82, 2.24) is 19.7 Å². The molecule has 2 aromatic carbocycles. The maximum atomic E-state index is 12.5. The molecule has 146 valence electrons. The van der Waals surface area contributed by atoms with Gasteiger partial charge in [-0.25, -0.2) is 0 Å². The summed E-state index contributed by atoms with van der Waals surface area (Å²) in [7, 11) is 3.45. The van der Waals surface area contributed by atoms with Gasteiger partial charge in [0.05, 0.1) is 18.6 Å². The van der Waals surface area contributed by atoms with E-state index in [-0.39, 0.29) is 5.91 Å². The van der Waals surface area contributed by atoms with E-state index in [1.54, 1.807) is 18.3 Å². The smallest absolute Gasteiger partial charge is 0.233 e. The van der Waals surface area contributed by atoms with Crippen LogP contribution in [-0.4, -0.2) is 45.5 Å². The van der Waals surface area contributed by atoms with Crippen LogP contribution >= 0.6 is 11.8 Å². The van der Waals surface area contributed by atoms with Crippen LogP contribution in [-0.2, 0) is 17.8 Å². The lowest BCUT2D eigenvalue weighted by Gasteiger charge is -2.17. The zero-order valence-electron chi connectivity index (χ0n) is 16.3. The fourth-order valence-electron chi connectivity index (χ4n) is 2.74. The van der Waals surface area contributed by atoms with Crippen molar-refractivity contribution in [2.75, 3.05) is 19.9 Å². The second-order valence-electron chi connectivity index (χ2n) is 6.39. The molecule has 7 heteroatoms. The summed E-state index contributed by atoms with van der Waals surface area (Å²) in [5, 5.41) is 8.80. The van der Waals surface area contributed by atoms with Crippen molar-refractivity contribution in [2.24, 2.45) is 0 Å². The van der Waals surface area contributed by atoms with Crippen LogP contribution in [0.4, 0.5) is 0 Å². The highest BCUT2D eigenvalue weighted by molar-refractivity contribution is 7.99. The normalized spacial score (nSPS) is 10.7. The third-order valence-corrected chi connectivity index (χ3v) is 5.38. The Morgan fingerprint density at radius 2 is 1.93 bits per heavy atom. The standard InChI is InChI=1S/C21H24N4O2S/c1-4-16-8-10-17(11-9-16)13-24(2)20(26)14-28-21-23-22-15-25(21)18-6-5-7-19(12-18)27-3/h5-12,15H,4,13-14H2,1-3H3. The van der Waals surface area contributed by atoms with E-state index >= 15 is 0 Å². The molecule has 0 saturated carbocycles. The van der Waals surface area contributed by atoms with Crippen LogP contribution in [0, 0.1) is 0 Å². The second-order valence-corrected chi connectivity index (χ2v) is 7.34. The van der Waals surface area contributed by atoms with Crippen molar-refractivity contribution in [3.8, 4) is 11.4 Å². The van der Waals surface area contributed by atoms with Crippen LogP contribution in [0.1, 0.15) is 18.1 Å². The van der Waals surface area contributed by atoms with Crippen LogP contribution in [0.3, 0.4) is 0 Å². The van der Waals surface area contributed by atoms with E-state index in [4.69, 9.17) is 4.74 Å². The molecule has 0 aliphatic heterocycles. The van der Waals surface area contributed by atoms with Gasteiger partial charge in [0.15, 0.2) is 5.16 Å². The monoisotopic (exact) mass is 396 g/mol. The molecule has 0 radical (unpaired) electrons. The molecule has 3 rings (SSSR count). The lowest BCUT2D eigenvalue weighted by molar-refractivity contribution is -0.127. The molecule has 0 fully saturated rings. The molecule has 0 atom stereocenters. The van der Waals surface area contributed by atoms with Crippen molar-refractivity contribution in [3.63, 3.8) is 0 Å². The number of ether oxygens (including phenoxy) is 1. The number of benzene rings is 2. The molecular formula is C21H24N4O2S. The number of thioether (sulfide) groups is 1. The maximum Gasteiger partial charge on any atom is 0.233 e. The maximum absolute atomic E-state index is 12.5. The molecular weight excluding hydrogens is 372 g/mol. The van der Waals surface area contributed by atoms with Gasteiger partial charge >= 0.3 is 0 Å². The number of nitrogens with zero attached hydrogens (tertiary/aromatic N) is 4. The Morgan fingerprint density at radius 3 is 2.64 bits per heavy atom. The topological polar surface area (TPSA) is 60.2 Å². The molecule has 0 spiro atoms. The summed E-state index contributed by atoms with van der Waals surface area (Å²) in [6.45, 7) is 2.72. The van der Waals surface area contributed by atoms with Crippen molar-refractivity contribution in [2.45, 2.75) is 25.0 Å². The first-order valence-electron chi connectivity index (χ1n) is 9.09. The average Bonchev–Trinajstić information content (AvgIpc) is 3.21. The summed E-state index contributed by atoms with van der Waals surface area (Å²) in [6, 6.07) is 16.0. The molecule has 3 aromatic rings. The summed E-state index contributed by atoms with van der Waals surface area (Å²) < 4.78 is 7.12. The second kappa shape index (κ2) is 9.41. The predicted molar refractivity (Wildman–Crippen MR) is 111 cm³/mol. The van der Waals surface area contributed by atoms with E-state index in [2.05, 4.69) is 41.4 Å². The first-order valence-corrected chi connectivity index (χ1v) is 10.1. The van der Waals surface area contributed by atoms with Gasteiger partial charge in [-0.3, -0.25) is 9.36 Å². The van der Waals surface area contributed by atoms with Gasteiger partial charge in [-0.05, 0) is 29.7 Å². The van der Waals surface area contributed by atoms with Gasteiger partial charge in [0.1, 0.15) is 12.1 Å². The Hall–Kier alpha value is -2.80. The van der Waals surface area contributed by atoms with Gasteiger partial charge in [0, 0.05) is 19.7 Å². The van der Waals surface area contributed by atoms with E-state index in [0.29, 0.717) is 17.5 Å². The molecule has 0 N–H and O–H groups in total. The molecule has 0 saturated heterocycles. The highest BCUT2D eigenvalue weighted by atomic mass is 32.2. The van der Waals surface area contributed by atoms with Gasteiger partial charge in [-0.1, -0.05) is 49.0 Å². The molecule has 1 amide bonds. The molecule has 1 aromatic heterocycles. The van der Waals surface area contributed by atoms with E-state index < -0.39 is 0 Å². The summed E-state index contributed by atoms with van der Waals surface area (Å²) in [6.07, 6.45) is 2.65. The van der Waals surface area contributed by atoms with Gasteiger partial charge < -0.3 is 9.64 Å². The quantitative estimate of drug-likeness (QED) is 0.545. The first-order chi connectivity index (χ1) is 13.6. The third kappa shape index (κ3) is 4.92. The van der Waals surface area contributed by atoms with Crippen LogP contribution in [0.2, 0.25) is 0 Å². The molecule has 28 heavy (non-hydrogen) atoms. The number of carbonyl (C=O) groups is 1. The number of hydrogen-bond donors (Lipinski definition) is 0. The van der Waals surface area contributed by atoms with Gasteiger partial charge in [-0.2, -0.15) is 0 Å². The van der Waals surface area contributed by atoms with E-state index in [0.717, 1.165) is 23.4 Å². The predicted octanol–water partition coefficient (Wildman–Crippen LogP) is 3.59. The Bertz CT molecular complexity index is 924. The van der Waals surface area contributed by atoms with Gasteiger partial charge in [-0.15, -0.1) is 10.2 Å². The minimum atomic E-state index is 0.0461. The SMILES string of the molecule is CCc1ccc(CN(C)C(=O)CSc2nncn2-c2cccc(OC)c2)cc1. The third-order valence-electron chi connectivity index (χ3n) is 4.45. The fourth-order valence-corrected chi connectivity index (χ4v) is 3.61. The molecule has 0 aliphatic carbocycles. The molecule has 6 nitrogen and oxygen atoms in total. The van der Waals surface area contributed by atoms with E-state index in [9.17, 15) is 4.79 Å². The lowest BCUT2D eigenvalue weighted by Crippen LogP contribution is -2.27. The minimum Gasteiger partial charge on any atom is -0.497 e. The molecule has 0 bridgehead atoms. The fraction of sp³-hybridized carbons (Fsp3) is 0.286. The Labute approximate surface area is 169 Å². The number of amides is 1. The van der Waals surface area contributed by atoms with Crippen molar-refractivity contribution in [1.29, 1.82) is 0 Å². The zero-order chi connectivity index (χ0) is 19.9. The number of aryl methyl sites for hydroxylation is 1. The molecule has 1 heterocycles. The van der Waals surface area contributed by atoms with Crippen molar-refractivity contribution < 1.29 is 9.53 Å². The van der Waals surface area contributed by atoms with Gasteiger partial charge in [0.25, 0.3) is 0 Å². The summed E-state index contributed by atoms with van der Waals surface area (Å²) in [5.74, 6) is 1.10. The number of hydrogen-bond acceptors (Lipinski definition) is 5. The van der Waals surface area contributed by atoms with Crippen LogP contribution in [0.25, 0.3) is 5.69 Å². The Balaban J connectivity index is 1.60. The van der Waals surface area contributed by atoms with Crippen LogP contribution < -0.4 is 4.74 Å². The summed E-state index contributed by atoms with van der Waals surface area (Å²) in [5.41, 5.74) is 3.31.